The molecular weight excluding hydrogens is 312 g/mol. The van der Waals surface area contributed by atoms with Crippen LogP contribution in [0.2, 0.25) is 0 Å². The summed E-state index contributed by atoms with van der Waals surface area (Å²) in [5, 5.41) is 0. The highest BCUT2D eigenvalue weighted by molar-refractivity contribution is 9.12. The number of esters is 1. The SMILES string of the molecule is CCOC(=O)C(Br)=C(C)Oc1cccc(OCC)c1. The second-order valence-electron chi connectivity index (χ2n) is 3.60. The molecule has 0 aromatic heterocycles. The lowest BCUT2D eigenvalue weighted by Crippen LogP contribution is -2.07. The molecule has 0 atom stereocenters. The molecule has 0 radical (unpaired) electrons. The van der Waals surface area contributed by atoms with Gasteiger partial charge in [-0.2, -0.15) is 0 Å². The zero-order valence-corrected chi connectivity index (χ0v) is 12.8. The first-order valence-corrected chi connectivity index (χ1v) is 6.82. The number of rotatable bonds is 6. The largest absolute Gasteiger partial charge is 0.494 e. The van der Waals surface area contributed by atoms with Gasteiger partial charge in [-0.1, -0.05) is 6.07 Å². The minimum atomic E-state index is -0.444. The Labute approximate surface area is 121 Å². The molecule has 0 aliphatic rings. The Morgan fingerprint density at radius 3 is 2.53 bits per heavy atom. The highest BCUT2D eigenvalue weighted by Crippen LogP contribution is 2.23. The van der Waals surface area contributed by atoms with Gasteiger partial charge in [0.15, 0.2) is 0 Å². The summed E-state index contributed by atoms with van der Waals surface area (Å²) in [6.45, 7) is 6.26. The van der Waals surface area contributed by atoms with Crippen molar-refractivity contribution in [2.24, 2.45) is 0 Å². The maximum Gasteiger partial charge on any atom is 0.348 e. The van der Waals surface area contributed by atoms with Crippen LogP contribution in [-0.2, 0) is 9.53 Å². The average Bonchev–Trinajstić information content (AvgIpc) is 2.39. The standard InChI is InChI=1S/C14H17BrO4/c1-4-17-11-7-6-8-12(9-11)19-10(3)13(15)14(16)18-5-2/h6-9H,4-5H2,1-3H3. The van der Waals surface area contributed by atoms with E-state index in [0.717, 1.165) is 5.75 Å². The van der Waals surface area contributed by atoms with Crippen LogP contribution in [0.3, 0.4) is 0 Å². The summed E-state index contributed by atoms with van der Waals surface area (Å²) >= 11 is 3.17. The van der Waals surface area contributed by atoms with E-state index in [4.69, 9.17) is 14.2 Å². The van der Waals surface area contributed by atoms with Crippen molar-refractivity contribution < 1.29 is 19.0 Å². The molecule has 0 N–H and O–H groups in total. The van der Waals surface area contributed by atoms with Crippen molar-refractivity contribution in [1.82, 2.24) is 0 Å². The van der Waals surface area contributed by atoms with E-state index in [2.05, 4.69) is 15.9 Å². The Hall–Kier alpha value is -1.49. The van der Waals surface area contributed by atoms with Crippen molar-refractivity contribution >= 4 is 21.9 Å². The van der Waals surface area contributed by atoms with E-state index in [1.54, 1.807) is 26.0 Å². The van der Waals surface area contributed by atoms with Crippen molar-refractivity contribution in [3.63, 3.8) is 0 Å². The molecule has 5 heteroatoms. The number of hydrogen-bond acceptors (Lipinski definition) is 4. The summed E-state index contributed by atoms with van der Waals surface area (Å²) in [6, 6.07) is 7.22. The molecular formula is C14H17BrO4. The highest BCUT2D eigenvalue weighted by Gasteiger charge is 2.12. The predicted molar refractivity (Wildman–Crippen MR) is 76.5 cm³/mol. The molecule has 0 amide bonds. The van der Waals surface area contributed by atoms with Crippen LogP contribution in [0.25, 0.3) is 0 Å². The minimum absolute atomic E-state index is 0.274. The van der Waals surface area contributed by atoms with Crippen LogP contribution >= 0.6 is 15.9 Å². The third kappa shape index (κ3) is 4.95. The maximum atomic E-state index is 11.5. The van der Waals surface area contributed by atoms with Crippen LogP contribution in [0.4, 0.5) is 0 Å². The first-order chi connectivity index (χ1) is 9.08. The Kier molecular flexibility index (Phi) is 6.42. The smallest absolute Gasteiger partial charge is 0.348 e. The fourth-order valence-corrected chi connectivity index (χ4v) is 1.55. The third-order valence-corrected chi connectivity index (χ3v) is 3.03. The topological polar surface area (TPSA) is 44.8 Å². The predicted octanol–water partition coefficient (Wildman–Crippen LogP) is 3.65. The van der Waals surface area contributed by atoms with Crippen molar-refractivity contribution in [1.29, 1.82) is 0 Å². The van der Waals surface area contributed by atoms with Crippen molar-refractivity contribution in [3.05, 3.63) is 34.5 Å². The number of hydrogen-bond donors (Lipinski definition) is 0. The van der Waals surface area contributed by atoms with Gasteiger partial charge in [-0.15, -0.1) is 0 Å². The summed E-state index contributed by atoms with van der Waals surface area (Å²) in [4.78, 5) is 11.5. The van der Waals surface area contributed by atoms with Crippen molar-refractivity contribution in [2.45, 2.75) is 20.8 Å². The average molecular weight is 329 g/mol. The van der Waals surface area contributed by atoms with Gasteiger partial charge in [0.25, 0.3) is 0 Å². The fraction of sp³-hybridized carbons (Fsp3) is 0.357. The first kappa shape index (κ1) is 15.6. The van der Waals surface area contributed by atoms with Crippen LogP contribution in [-0.4, -0.2) is 19.2 Å². The molecule has 0 bridgehead atoms. The van der Waals surface area contributed by atoms with Crippen LogP contribution in [0.15, 0.2) is 34.5 Å². The van der Waals surface area contributed by atoms with Crippen LogP contribution in [0.5, 0.6) is 11.5 Å². The van der Waals surface area contributed by atoms with Crippen LogP contribution in [0, 0.1) is 0 Å². The molecule has 4 nitrogen and oxygen atoms in total. The van der Waals surface area contributed by atoms with Crippen LogP contribution < -0.4 is 9.47 Å². The number of allylic oxidation sites excluding steroid dienone is 1. The lowest BCUT2D eigenvalue weighted by molar-refractivity contribution is -0.137. The van der Waals surface area contributed by atoms with Crippen molar-refractivity contribution in [3.8, 4) is 11.5 Å². The summed E-state index contributed by atoms with van der Waals surface area (Å²) < 4.78 is 16.1. The molecule has 19 heavy (non-hydrogen) atoms. The Balaban J connectivity index is 2.80. The molecule has 0 unspecified atom stereocenters. The first-order valence-electron chi connectivity index (χ1n) is 6.02. The monoisotopic (exact) mass is 328 g/mol. The Morgan fingerprint density at radius 1 is 1.21 bits per heavy atom. The Morgan fingerprint density at radius 2 is 1.89 bits per heavy atom. The summed E-state index contributed by atoms with van der Waals surface area (Å²) in [5.74, 6) is 1.32. The quantitative estimate of drug-likeness (QED) is 0.454. The Bertz CT molecular complexity index is 468. The molecule has 0 fully saturated rings. The molecule has 0 spiro atoms. The van der Waals surface area contributed by atoms with E-state index in [9.17, 15) is 4.79 Å². The van der Waals surface area contributed by atoms with E-state index in [1.165, 1.54) is 0 Å². The van der Waals surface area contributed by atoms with Gasteiger partial charge >= 0.3 is 5.97 Å². The van der Waals surface area contributed by atoms with E-state index in [0.29, 0.717) is 24.7 Å². The van der Waals surface area contributed by atoms with E-state index in [-0.39, 0.29) is 4.48 Å². The zero-order chi connectivity index (χ0) is 14.3. The van der Waals surface area contributed by atoms with Crippen LogP contribution in [0.1, 0.15) is 20.8 Å². The normalized spacial score (nSPS) is 11.6. The molecule has 1 aromatic carbocycles. The number of carbonyl (C=O) groups is 1. The minimum Gasteiger partial charge on any atom is -0.494 e. The summed E-state index contributed by atoms with van der Waals surface area (Å²) in [7, 11) is 0. The molecule has 0 saturated carbocycles. The van der Waals surface area contributed by atoms with Gasteiger partial charge in [0.05, 0.1) is 13.2 Å². The number of ether oxygens (including phenoxy) is 3. The van der Waals surface area contributed by atoms with Gasteiger partial charge in [0.1, 0.15) is 21.7 Å². The molecule has 104 valence electrons. The van der Waals surface area contributed by atoms with Gasteiger partial charge in [0.2, 0.25) is 0 Å². The van der Waals surface area contributed by atoms with Gasteiger partial charge in [0, 0.05) is 6.07 Å². The van der Waals surface area contributed by atoms with E-state index in [1.807, 2.05) is 19.1 Å². The lowest BCUT2D eigenvalue weighted by atomic mass is 10.3. The van der Waals surface area contributed by atoms with Crippen molar-refractivity contribution in [2.75, 3.05) is 13.2 Å². The lowest BCUT2D eigenvalue weighted by Gasteiger charge is -2.10. The fourth-order valence-electron chi connectivity index (χ4n) is 1.35. The van der Waals surface area contributed by atoms with Gasteiger partial charge in [-0.3, -0.25) is 0 Å². The summed E-state index contributed by atoms with van der Waals surface area (Å²) in [6.07, 6.45) is 0. The van der Waals surface area contributed by atoms with E-state index >= 15 is 0 Å². The highest BCUT2D eigenvalue weighted by atomic mass is 79.9. The molecule has 1 aromatic rings. The third-order valence-electron chi connectivity index (χ3n) is 2.15. The molecule has 0 aliphatic carbocycles. The number of halogens is 1. The number of benzene rings is 1. The second-order valence-corrected chi connectivity index (χ2v) is 4.39. The molecule has 1 rings (SSSR count). The number of carbonyl (C=O) groups excluding carboxylic acids is 1. The second kappa shape index (κ2) is 7.84. The summed E-state index contributed by atoms with van der Waals surface area (Å²) in [5.41, 5.74) is 0. The molecule has 0 aliphatic heterocycles. The van der Waals surface area contributed by atoms with E-state index < -0.39 is 5.97 Å². The van der Waals surface area contributed by atoms with Gasteiger partial charge in [-0.25, -0.2) is 4.79 Å². The molecule has 0 heterocycles. The van der Waals surface area contributed by atoms with Gasteiger partial charge in [-0.05, 0) is 48.8 Å². The maximum absolute atomic E-state index is 11.5. The zero-order valence-electron chi connectivity index (χ0n) is 11.2. The molecule has 0 saturated heterocycles. The van der Waals surface area contributed by atoms with Gasteiger partial charge < -0.3 is 14.2 Å².